The van der Waals surface area contributed by atoms with Crippen LogP contribution in [-0.4, -0.2) is 56.3 Å². The Labute approximate surface area is 179 Å². The predicted molar refractivity (Wildman–Crippen MR) is 119 cm³/mol. The second kappa shape index (κ2) is 10.2. The number of rotatable bonds is 9. The van der Waals surface area contributed by atoms with Crippen LogP contribution < -0.4 is 5.32 Å². The molecule has 30 heavy (non-hydrogen) atoms. The van der Waals surface area contributed by atoms with Crippen LogP contribution in [0.3, 0.4) is 0 Å². The molecule has 2 aromatic rings. The Morgan fingerprint density at radius 1 is 1.03 bits per heavy atom. The summed E-state index contributed by atoms with van der Waals surface area (Å²) in [6, 6.07) is 16.6. The number of nitrogens with zero attached hydrogens (tertiary/aromatic N) is 2. The van der Waals surface area contributed by atoms with E-state index in [1.54, 1.807) is 32.0 Å². The number of carbonyl (C=O) groups excluding carboxylic acids is 1. The lowest BCUT2D eigenvalue weighted by atomic mass is 10.1. The van der Waals surface area contributed by atoms with Gasteiger partial charge in [-0.3, -0.25) is 9.69 Å². The first-order chi connectivity index (χ1) is 14.5. The standard InChI is InChI=1S/C23H31N3O3S/c1-3-26(4-2)30(28,29)21-14-10-13-20(17-21)23(27)24-18-22(25-15-8-9-16-25)19-11-6-5-7-12-19/h5-7,10-14,17,22H,3-4,8-9,15-16,18H2,1-2H3,(H,24,27)/t22-/m0/s1. The molecule has 1 aliphatic heterocycles. The summed E-state index contributed by atoms with van der Waals surface area (Å²) in [5, 5.41) is 3.02. The number of amides is 1. The highest BCUT2D eigenvalue weighted by atomic mass is 32.2. The zero-order valence-corrected chi connectivity index (χ0v) is 18.6. The Morgan fingerprint density at radius 3 is 2.33 bits per heavy atom. The number of hydrogen-bond donors (Lipinski definition) is 1. The van der Waals surface area contributed by atoms with E-state index in [2.05, 4.69) is 22.3 Å². The van der Waals surface area contributed by atoms with Gasteiger partial charge in [0.1, 0.15) is 0 Å². The monoisotopic (exact) mass is 429 g/mol. The third-order valence-electron chi connectivity index (χ3n) is 5.66. The molecule has 7 heteroatoms. The van der Waals surface area contributed by atoms with Crippen molar-refractivity contribution in [3.63, 3.8) is 0 Å². The van der Waals surface area contributed by atoms with E-state index in [1.807, 2.05) is 18.2 Å². The third kappa shape index (κ3) is 5.09. The van der Waals surface area contributed by atoms with Crippen molar-refractivity contribution in [2.75, 3.05) is 32.7 Å². The molecule has 1 atom stereocenters. The molecule has 0 saturated carbocycles. The zero-order chi connectivity index (χ0) is 21.6. The lowest BCUT2D eigenvalue weighted by molar-refractivity contribution is 0.0937. The summed E-state index contributed by atoms with van der Waals surface area (Å²) in [6.07, 6.45) is 2.34. The lowest BCUT2D eigenvalue weighted by Crippen LogP contribution is -2.37. The van der Waals surface area contributed by atoms with Crippen molar-refractivity contribution in [3.05, 3.63) is 65.7 Å². The smallest absolute Gasteiger partial charge is 0.251 e. The van der Waals surface area contributed by atoms with Gasteiger partial charge in [0.2, 0.25) is 10.0 Å². The minimum absolute atomic E-state index is 0.111. The first kappa shape index (κ1) is 22.5. The highest BCUT2D eigenvalue weighted by molar-refractivity contribution is 7.89. The molecule has 1 fully saturated rings. The molecule has 6 nitrogen and oxygen atoms in total. The molecule has 1 saturated heterocycles. The topological polar surface area (TPSA) is 69.7 Å². The van der Waals surface area contributed by atoms with Crippen molar-refractivity contribution in [1.82, 2.24) is 14.5 Å². The van der Waals surface area contributed by atoms with E-state index < -0.39 is 10.0 Å². The van der Waals surface area contributed by atoms with Gasteiger partial charge in [-0.05, 0) is 49.7 Å². The Balaban J connectivity index is 1.75. The maximum atomic E-state index is 12.8. The van der Waals surface area contributed by atoms with Crippen molar-refractivity contribution >= 4 is 15.9 Å². The number of carbonyl (C=O) groups is 1. The van der Waals surface area contributed by atoms with Crippen LogP contribution in [0.5, 0.6) is 0 Å². The highest BCUT2D eigenvalue weighted by Gasteiger charge is 2.25. The summed E-state index contributed by atoms with van der Waals surface area (Å²) in [6.45, 7) is 6.92. The van der Waals surface area contributed by atoms with Gasteiger partial charge in [0, 0.05) is 25.2 Å². The lowest BCUT2D eigenvalue weighted by Gasteiger charge is -2.28. The van der Waals surface area contributed by atoms with Gasteiger partial charge < -0.3 is 5.32 Å². The summed E-state index contributed by atoms with van der Waals surface area (Å²) in [5.74, 6) is -0.258. The average molecular weight is 430 g/mol. The molecule has 0 aromatic heterocycles. The Hall–Kier alpha value is -2.22. The van der Waals surface area contributed by atoms with Crippen LogP contribution in [-0.2, 0) is 10.0 Å². The molecule has 1 heterocycles. The van der Waals surface area contributed by atoms with Crippen molar-refractivity contribution in [2.24, 2.45) is 0 Å². The molecular formula is C23H31N3O3S. The van der Waals surface area contributed by atoms with E-state index in [0.29, 0.717) is 25.2 Å². The number of hydrogen-bond acceptors (Lipinski definition) is 4. The normalized spacial score (nSPS) is 16.0. The number of likely N-dealkylation sites (tertiary alicyclic amines) is 1. The first-order valence-electron chi connectivity index (χ1n) is 10.6. The molecule has 0 radical (unpaired) electrons. The van der Waals surface area contributed by atoms with Gasteiger partial charge in [-0.1, -0.05) is 50.2 Å². The average Bonchev–Trinajstić information content (AvgIpc) is 3.30. The quantitative estimate of drug-likeness (QED) is 0.664. The molecule has 3 rings (SSSR count). The van der Waals surface area contributed by atoms with Gasteiger partial charge >= 0.3 is 0 Å². The Bertz CT molecular complexity index is 937. The van der Waals surface area contributed by atoms with Gasteiger partial charge in [-0.25, -0.2) is 8.42 Å². The maximum absolute atomic E-state index is 12.8. The van der Waals surface area contributed by atoms with Crippen LogP contribution in [0.4, 0.5) is 0 Å². The van der Waals surface area contributed by atoms with E-state index in [9.17, 15) is 13.2 Å². The first-order valence-corrected chi connectivity index (χ1v) is 12.1. The summed E-state index contributed by atoms with van der Waals surface area (Å²) in [5.41, 5.74) is 1.54. The fourth-order valence-electron chi connectivity index (χ4n) is 3.99. The Morgan fingerprint density at radius 2 is 1.70 bits per heavy atom. The van der Waals surface area contributed by atoms with Crippen LogP contribution in [0.25, 0.3) is 0 Å². The van der Waals surface area contributed by atoms with Gasteiger partial charge in [0.25, 0.3) is 5.91 Å². The number of sulfonamides is 1. The number of nitrogens with one attached hydrogen (secondary N) is 1. The Kier molecular flexibility index (Phi) is 7.64. The van der Waals surface area contributed by atoms with E-state index in [1.165, 1.54) is 28.8 Å². The van der Waals surface area contributed by atoms with Gasteiger partial charge in [-0.15, -0.1) is 0 Å². The van der Waals surface area contributed by atoms with Crippen LogP contribution >= 0.6 is 0 Å². The summed E-state index contributed by atoms with van der Waals surface area (Å²) in [4.78, 5) is 15.4. The predicted octanol–water partition coefficient (Wildman–Crippen LogP) is 3.28. The highest BCUT2D eigenvalue weighted by Crippen LogP contribution is 2.24. The van der Waals surface area contributed by atoms with E-state index in [0.717, 1.165) is 13.1 Å². The molecular weight excluding hydrogens is 398 g/mol. The van der Waals surface area contributed by atoms with Crippen LogP contribution in [0, 0.1) is 0 Å². The molecule has 1 aliphatic rings. The van der Waals surface area contributed by atoms with Crippen molar-refractivity contribution in [2.45, 2.75) is 37.6 Å². The van der Waals surface area contributed by atoms with Crippen molar-refractivity contribution in [1.29, 1.82) is 0 Å². The van der Waals surface area contributed by atoms with Crippen LogP contribution in [0.1, 0.15) is 48.7 Å². The minimum Gasteiger partial charge on any atom is -0.350 e. The van der Waals surface area contributed by atoms with E-state index in [-0.39, 0.29) is 16.8 Å². The minimum atomic E-state index is -3.60. The maximum Gasteiger partial charge on any atom is 0.251 e. The molecule has 1 amide bonds. The molecule has 0 aliphatic carbocycles. The van der Waals surface area contributed by atoms with Crippen LogP contribution in [0.15, 0.2) is 59.5 Å². The van der Waals surface area contributed by atoms with Gasteiger partial charge in [0.15, 0.2) is 0 Å². The number of benzene rings is 2. The van der Waals surface area contributed by atoms with Crippen molar-refractivity contribution in [3.8, 4) is 0 Å². The summed E-state index contributed by atoms with van der Waals surface area (Å²) < 4.78 is 27.0. The van der Waals surface area contributed by atoms with E-state index >= 15 is 0 Å². The second-order valence-corrected chi connectivity index (χ2v) is 9.43. The van der Waals surface area contributed by atoms with Crippen molar-refractivity contribution < 1.29 is 13.2 Å². The van der Waals surface area contributed by atoms with E-state index in [4.69, 9.17) is 0 Å². The molecule has 1 N–H and O–H groups in total. The largest absolute Gasteiger partial charge is 0.350 e. The third-order valence-corrected chi connectivity index (χ3v) is 7.71. The van der Waals surface area contributed by atoms with Crippen LogP contribution in [0.2, 0.25) is 0 Å². The SMILES string of the molecule is CCN(CC)S(=O)(=O)c1cccc(C(=O)NC[C@@H](c2ccccc2)N2CCCC2)c1. The van der Waals surface area contributed by atoms with Gasteiger partial charge in [0.05, 0.1) is 10.9 Å². The summed E-state index contributed by atoms with van der Waals surface area (Å²) >= 11 is 0. The zero-order valence-electron chi connectivity index (χ0n) is 17.8. The molecule has 0 bridgehead atoms. The molecule has 2 aromatic carbocycles. The second-order valence-electron chi connectivity index (χ2n) is 7.50. The fourth-order valence-corrected chi connectivity index (χ4v) is 5.49. The fraction of sp³-hybridized carbons (Fsp3) is 0.435. The molecule has 162 valence electrons. The molecule has 0 unspecified atom stereocenters. The summed E-state index contributed by atoms with van der Waals surface area (Å²) in [7, 11) is -3.60. The van der Waals surface area contributed by atoms with Gasteiger partial charge in [-0.2, -0.15) is 4.31 Å². The molecule has 0 spiro atoms.